The standard InChI is InChI=1S/C13H24N4O2/c1-6-16(10(3)4)9-11-8-12(13(18)15(5)19)14-17(11)7-2/h8,10,19H,6-7,9H2,1-5H3. The molecule has 0 aliphatic heterocycles. The Morgan fingerprint density at radius 2 is 2.11 bits per heavy atom. The molecule has 1 heterocycles. The molecule has 1 N–H and O–H groups in total. The molecular weight excluding hydrogens is 244 g/mol. The Morgan fingerprint density at radius 3 is 2.53 bits per heavy atom. The summed E-state index contributed by atoms with van der Waals surface area (Å²) in [7, 11) is 1.30. The lowest BCUT2D eigenvalue weighted by Crippen LogP contribution is -2.30. The maximum Gasteiger partial charge on any atom is 0.297 e. The van der Waals surface area contributed by atoms with Crippen molar-refractivity contribution in [1.82, 2.24) is 19.7 Å². The molecule has 0 saturated heterocycles. The zero-order valence-electron chi connectivity index (χ0n) is 12.4. The van der Waals surface area contributed by atoms with Gasteiger partial charge in [0.05, 0.1) is 5.69 Å². The lowest BCUT2D eigenvalue weighted by atomic mass is 10.2. The second-order valence-electron chi connectivity index (χ2n) is 4.82. The van der Waals surface area contributed by atoms with E-state index in [9.17, 15) is 10.0 Å². The second-order valence-corrected chi connectivity index (χ2v) is 4.82. The van der Waals surface area contributed by atoms with Gasteiger partial charge in [0.25, 0.3) is 5.91 Å². The number of carbonyl (C=O) groups excluding carboxylic acids is 1. The van der Waals surface area contributed by atoms with Crippen molar-refractivity contribution >= 4 is 5.91 Å². The van der Waals surface area contributed by atoms with E-state index in [2.05, 4.69) is 30.8 Å². The van der Waals surface area contributed by atoms with Gasteiger partial charge in [0, 0.05) is 26.2 Å². The van der Waals surface area contributed by atoms with Crippen molar-refractivity contribution in [3.05, 3.63) is 17.5 Å². The number of aryl methyl sites for hydroxylation is 1. The summed E-state index contributed by atoms with van der Waals surface area (Å²) in [6, 6.07) is 2.19. The summed E-state index contributed by atoms with van der Waals surface area (Å²) in [5.74, 6) is -0.485. The molecule has 0 aliphatic rings. The van der Waals surface area contributed by atoms with E-state index in [-0.39, 0.29) is 5.69 Å². The molecule has 0 bridgehead atoms. The van der Waals surface area contributed by atoms with Crippen LogP contribution < -0.4 is 0 Å². The van der Waals surface area contributed by atoms with E-state index in [4.69, 9.17) is 0 Å². The molecule has 1 rings (SSSR count). The van der Waals surface area contributed by atoms with Gasteiger partial charge in [-0.2, -0.15) is 5.10 Å². The van der Waals surface area contributed by atoms with E-state index in [1.807, 2.05) is 11.6 Å². The first-order chi connectivity index (χ1) is 8.90. The zero-order chi connectivity index (χ0) is 14.6. The number of rotatable bonds is 6. The first kappa shape index (κ1) is 15.7. The maximum absolute atomic E-state index is 11.7. The largest absolute Gasteiger partial charge is 0.297 e. The summed E-state index contributed by atoms with van der Waals surface area (Å²) in [6.45, 7) is 10.8. The first-order valence-electron chi connectivity index (χ1n) is 6.68. The van der Waals surface area contributed by atoms with Crippen LogP contribution in [-0.4, -0.2) is 50.5 Å². The van der Waals surface area contributed by atoms with Crippen molar-refractivity contribution in [1.29, 1.82) is 0 Å². The number of hydrogen-bond donors (Lipinski definition) is 1. The molecule has 0 saturated carbocycles. The fraction of sp³-hybridized carbons (Fsp3) is 0.692. The number of nitrogens with zero attached hydrogens (tertiary/aromatic N) is 4. The highest BCUT2D eigenvalue weighted by atomic mass is 16.5. The van der Waals surface area contributed by atoms with E-state index < -0.39 is 5.91 Å². The van der Waals surface area contributed by atoms with Crippen LogP contribution in [0.25, 0.3) is 0 Å². The van der Waals surface area contributed by atoms with Crippen LogP contribution in [-0.2, 0) is 13.1 Å². The molecule has 0 radical (unpaired) electrons. The highest BCUT2D eigenvalue weighted by Crippen LogP contribution is 2.11. The third kappa shape index (κ3) is 3.78. The average Bonchev–Trinajstić information content (AvgIpc) is 2.77. The van der Waals surface area contributed by atoms with Gasteiger partial charge in [-0.15, -0.1) is 0 Å². The Kier molecular flexibility index (Phi) is 5.50. The van der Waals surface area contributed by atoms with Gasteiger partial charge in [-0.1, -0.05) is 6.92 Å². The molecule has 0 aliphatic carbocycles. The minimum absolute atomic E-state index is 0.279. The molecule has 1 aromatic rings. The van der Waals surface area contributed by atoms with Gasteiger partial charge in [-0.05, 0) is 33.4 Å². The maximum atomic E-state index is 11.7. The lowest BCUT2D eigenvalue weighted by molar-refractivity contribution is -0.0380. The topological polar surface area (TPSA) is 61.6 Å². The second kappa shape index (κ2) is 6.68. The summed E-state index contributed by atoms with van der Waals surface area (Å²) in [5, 5.41) is 14.0. The lowest BCUT2D eigenvalue weighted by Gasteiger charge is -2.24. The molecule has 108 valence electrons. The Balaban J connectivity index is 2.97. The van der Waals surface area contributed by atoms with Gasteiger partial charge in [-0.25, -0.2) is 5.06 Å². The number of hydroxylamine groups is 2. The molecule has 6 heteroatoms. The fourth-order valence-electron chi connectivity index (χ4n) is 1.99. The highest BCUT2D eigenvalue weighted by Gasteiger charge is 2.18. The van der Waals surface area contributed by atoms with Crippen LogP contribution in [0.5, 0.6) is 0 Å². The summed E-state index contributed by atoms with van der Waals surface area (Å²) >= 11 is 0. The van der Waals surface area contributed by atoms with E-state index in [0.29, 0.717) is 17.6 Å². The molecule has 0 aromatic carbocycles. The number of carbonyl (C=O) groups is 1. The van der Waals surface area contributed by atoms with Crippen LogP contribution in [0.3, 0.4) is 0 Å². The van der Waals surface area contributed by atoms with Crippen molar-refractivity contribution in [3.63, 3.8) is 0 Å². The van der Waals surface area contributed by atoms with Crippen molar-refractivity contribution in [3.8, 4) is 0 Å². The molecule has 0 fully saturated rings. The van der Waals surface area contributed by atoms with E-state index in [1.165, 1.54) is 7.05 Å². The molecule has 0 atom stereocenters. The van der Waals surface area contributed by atoms with Gasteiger partial charge in [0.15, 0.2) is 5.69 Å². The highest BCUT2D eigenvalue weighted by molar-refractivity contribution is 5.91. The van der Waals surface area contributed by atoms with Crippen LogP contribution in [0.1, 0.15) is 43.9 Å². The summed E-state index contributed by atoms with van der Waals surface area (Å²) in [5.41, 5.74) is 1.27. The molecule has 19 heavy (non-hydrogen) atoms. The number of amides is 1. The fourth-order valence-corrected chi connectivity index (χ4v) is 1.99. The van der Waals surface area contributed by atoms with Gasteiger partial charge in [0.1, 0.15) is 0 Å². The summed E-state index contributed by atoms with van der Waals surface area (Å²) in [4.78, 5) is 14.0. The Morgan fingerprint density at radius 1 is 1.47 bits per heavy atom. The monoisotopic (exact) mass is 268 g/mol. The van der Waals surface area contributed by atoms with Gasteiger partial charge in [0.2, 0.25) is 0 Å². The van der Waals surface area contributed by atoms with E-state index in [1.54, 1.807) is 6.07 Å². The third-order valence-corrected chi connectivity index (χ3v) is 3.18. The van der Waals surface area contributed by atoms with Crippen molar-refractivity contribution < 1.29 is 10.0 Å². The minimum Gasteiger partial charge on any atom is -0.295 e. The van der Waals surface area contributed by atoms with Crippen LogP contribution >= 0.6 is 0 Å². The molecular formula is C13H24N4O2. The summed E-state index contributed by atoms with van der Waals surface area (Å²) in [6.07, 6.45) is 0. The molecule has 1 amide bonds. The van der Waals surface area contributed by atoms with E-state index in [0.717, 1.165) is 18.8 Å². The predicted octanol–water partition coefficient (Wildman–Crippen LogP) is 1.59. The zero-order valence-corrected chi connectivity index (χ0v) is 12.4. The van der Waals surface area contributed by atoms with Gasteiger partial charge in [-0.3, -0.25) is 19.6 Å². The van der Waals surface area contributed by atoms with Gasteiger partial charge < -0.3 is 0 Å². The molecule has 0 unspecified atom stereocenters. The summed E-state index contributed by atoms with van der Waals surface area (Å²) < 4.78 is 1.81. The molecule has 1 aromatic heterocycles. The Hall–Kier alpha value is -1.40. The third-order valence-electron chi connectivity index (χ3n) is 3.18. The quantitative estimate of drug-likeness (QED) is 0.629. The average molecular weight is 268 g/mol. The number of hydrogen-bond acceptors (Lipinski definition) is 4. The van der Waals surface area contributed by atoms with Crippen LogP contribution in [0.15, 0.2) is 6.07 Å². The Bertz CT molecular complexity index is 426. The van der Waals surface area contributed by atoms with Crippen molar-refractivity contribution in [2.75, 3.05) is 13.6 Å². The van der Waals surface area contributed by atoms with Crippen molar-refractivity contribution in [2.45, 2.75) is 46.8 Å². The smallest absolute Gasteiger partial charge is 0.295 e. The number of aromatic nitrogens is 2. The van der Waals surface area contributed by atoms with Crippen LogP contribution in [0.4, 0.5) is 0 Å². The molecule has 0 spiro atoms. The van der Waals surface area contributed by atoms with E-state index >= 15 is 0 Å². The first-order valence-corrected chi connectivity index (χ1v) is 6.68. The van der Waals surface area contributed by atoms with Crippen molar-refractivity contribution in [2.24, 2.45) is 0 Å². The molecule has 6 nitrogen and oxygen atoms in total. The van der Waals surface area contributed by atoms with Crippen LogP contribution in [0, 0.1) is 0 Å². The van der Waals surface area contributed by atoms with Crippen LogP contribution in [0.2, 0.25) is 0 Å². The van der Waals surface area contributed by atoms with Gasteiger partial charge >= 0.3 is 0 Å². The Labute approximate surface area is 114 Å². The predicted molar refractivity (Wildman–Crippen MR) is 73.0 cm³/mol. The minimum atomic E-state index is -0.485. The SMILES string of the molecule is CCN(Cc1cc(C(=O)N(C)O)nn1CC)C(C)C. The normalized spacial score (nSPS) is 11.4.